The number of halogens is 1. The number of sulfonamides is 1. The maximum atomic E-state index is 13.7. The SMILES string of the molecule is C[C@@H]1CN([C@@H](C)CO)C(=O)c2cccc(NS(=O)(=O)c3ccc(Cl)cc3)c2O[C@@H]1CN(C)C(=O)Nc1ccc2c(c1)OCO2. The molecule has 5 rings (SSSR count). The number of carbonyl (C=O) groups is 2. The van der Waals surface area contributed by atoms with Gasteiger partial charge in [-0.05, 0) is 55.5 Å². The summed E-state index contributed by atoms with van der Waals surface area (Å²) in [5, 5.41) is 13.1. The Hall–Kier alpha value is -4.20. The van der Waals surface area contributed by atoms with Crippen LogP contribution in [0.5, 0.6) is 17.2 Å². The maximum absolute atomic E-state index is 13.7. The summed E-state index contributed by atoms with van der Waals surface area (Å²) in [5.74, 6) is 0.378. The van der Waals surface area contributed by atoms with Gasteiger partial charge in [0.25, 0.3) is 15.9 Å². The monoisotopic (exact) mass is 644 g/mol. The van der Waals surface area contributed by atoms with Crippen molar-refractivity contribution in [2.75, 3.05) is 43.6 Å². The summed E-state index contributed by atoms with van der Waals surface area (Å²) in [7, 11) is -2.49. The zero-order valence-electron chi connectivity index (χ0n) is 24.3. The molecular weight excluding hydrogens is 612 g/mol. The fourth-order valence-electron chi connectivity index (χ4n) is 4.91. The van der Waals surface area contributed by atoms with Crippen LogP contribution < -0.4 is 24.2 Å². The van der Waals surface area contributed by atoms with Crippen LogP contribution in [0.3, 0.4) is 0 Å². The van der Waals surface area contributed by atoms with Crippen molar-refractivity contribution in [3.05, 3.63) is 71.2 Å². The van der Waals surface area contributed by atoms with E-state index in [0.29, 0.717) is 22.2 Å². The van der Waals surface area contributed by atoms with Crippen molar-refractivity contribution in [3.63, 3.8) is 0 Å². The van der Waals surface area contributed by atoms with Gasteiger partial charge in [0, 0.05) is 36.3 Å². The predicted molar refractivity (Wildman–Crippen MR) is 164 cm³/mol. The number of aliphatic hydroxyl groups is 1. The van der Waals surface area contributed by atoms with E-state index < -0.39 is 34.1 Å². The van der Waals surface area contributed by atoms with Gasteiger partial charge in [-0.15, -0.1) is 0 Å². The molecule has 3 amide bonds. The number of hydrogen-bond acceptors (Lipinski definition) is 8. The van der Waals surface area contributed by atoms with E-state index in [1.54, 1.807) is 38.2 Å². The molecule has 0 aliphatic carbocycles. The van der Waals surface area contributed by atoms with E-state index in [0.717, 1.165) is 0 Å². The predicted octanol–water partition coefficient (Wildman–Crippen LogP) is 4.25. The minimum atomic E-state index is -4.09. The van der Waals surface area contributed by atoms with Crippen molar-refractivity contribution in [2.45, 2.75) is 30.9 Å². The summed E-state index contributed by atoms with van der Waals surface area (Å²) < 4.78 is 46.3. The number of likely N-dealkylation sites (N-methyl/N-ethyl adjacent to an activating group) is 1. The molecule has 0 radical (unpaired) electrons. The molecule has 2 aliphatic heterocycles. The number of hydrogen-bond donors (Lipinski definition) is 3. The van der Waals surface area contributed by atoms with Crippen LogP contribution in [-0.2, 0) is 10.0 Å². The third-order valence-corrected chi connectivity index (χ3v) is 9.12. The second kappa shape index (κ2) is 12.8. The highest BCUT2D eigenvalue weighted by molar-refractivity contribution is 7.92. The normalized spacial score (nSPS) is 18.4. The Morgan fingerprint density at radius 1 is 1.14 bits per heavy atom. The number of benzene rings is 3. The van der Waals surface area contributed by atoms with E-state index >= 15 is 0 Å². The van der Waals surface area contributed by atoms with Crippen LogP contribution in [0.1, 0.15) is 24.2 Å². The van der Waals surface area contributed by atoms with E-state index in [2.05, 4.69) is 10.0 Å². The molecule has 3 aromatic rings. The molecule has 0 spiro atoms. The Morgan fingerprint density at radius 3 is 2.59 bits per heavy atom. The van der Waals surface area contributed by atoms with Gasteiger partial charge in [0.15, 0.2) is 17.2 Å². The van der Waals surface area contributed by atoms with Crippen LogP contribution in [0.15, 0.2) is 65.6 Å². The van der Waals surface area contributed by atoms with Crippen LogP contribution in [-0.4, -0.2) is 80.9 Å². The lowest BCUT2D eigenvalue weighted by atomic mass is 9.99. The minimum Gasteiger partial charge on any atom is -0.485 e. The standard InChI is InChI=1S/C30H33ClN4O8S/c1-18-14-35(19(2)16-36)29(37)23-5-4-6-24(33-44(39,40)22-10-7-20(31)8-11-22)28(23)43-27(18)15-34(3)30(38)32-21-9-12-25-26(13-21)42-17-41-25/h4-13,18-19,27,33,36H,14-17H2,1-3H3,(H,32,38)/t18-,19+,27-/m1/s1. The molecule has 0 saturated carbocycles. The Labute approximate surface area is 260 Å². The molecule has 0 aromatic heterocycles. The second-order valence-corrected chi connectivity index (χ2v) is 12.9. The smallest absolute Gasteiger partial charge is 0.321 e. The molecule has 3 N–H and O–H groups in total. The fourth-order valence-corrected chi connectivity index (χ4v) is 6.09. The van der Waals surface area contributed by atoms with Gasteiger partial charge >= 0.3 is 6.03 Å². The van der Waals surface area contributed by atoms with Crippen molar-refractivity contribution < 1.29 is 37.3 Å². The van der Waals surface area contributed by atoms with Crippen molar-refractivity contribution in [3.8, 4) is 17.2 Å². The van der Waals surface area contributed by atoms with Crippen molar-refractivity contribution in [2.24, 2.45) is 5.92 Å². The molecule has 0 unspecified atom stereocenters. The average Bonchev–Trinajstić information content (AvgIpc) is 3.47. The molecular formula is C30H33ClN4O8S. The van der Waals surface area contributed by atoms with Crippen molar-refractivity contribution in [1.29, 1.82) is 0 Å². The number of nitrogens with zero attached hydrogens (tertiary/aromatic N) is 2. The quantitative estimate of drug-likeness (QED) is 0.330. The van der Waals surface area contributed by atoms with Gasteiger partial charge in [0.1, 0.15) is 6.10 Å². The highest BCUT2D eigenvalue weighted by Crippen LogP contribution is 2.37. The fraction of sp³-hybridized carbons (Fsp3) is 0.333. The molecule has 0 saturated heterocycles. The number of anilines is 2. The van der Waals surface area contributed by atoms with E-state index in [9.17, 15) is 23.1 Å². The average molecular weight is 645 g/mol. The second-order valence-electron chi connectivity index (χ2n) is 10.7. The molecule has 234 valence electrons. The van der Waals surface area contributed by atoms with Crippen LogP contribution in [0.2, 0.25) is 5.02 Å². The number of nitrogens with one attached hydrogen (secondary N) is 2. The van der Waals surface area contributed by atoms with Gasteiger partial charge in [-0.25, -0.2) is 13.2 Å². The van der Waals surface area contributed by atoms with Crippen molar-refractivity contribution >= 4 is 44.9 Å². The summed E-state index contributed by atoms with van der Waals surface area (Å²) in [4.78, 5) is 29.9. The van der Waals surface area contributed by atoms with Gasteiger partial charge < -0.3 is 34.4 Å². The van der Waals surface area contributed by atoms with Gasteiger partial charge in [-0.3, -0.25) is 9.52 Å². The topological polar surface area (TPSA) is 147 Å². The van der Waals surface area contributed by atoms with Gasteiger partial charge in [0.05, 0.1) is 35.3 Å². The van der Waals surface area contributed by atoms with Gasteiger partial charge in [-0.2, -0.15) is 0 Å². The number of ether oxygens (including phenoxy) is 3. The highest BCUT2D eigenvalue weighted by Gasteiger charge is 2.35. The first-order valence-corrected chi connectivity index (χ1v) is 15.7. The van der Waals surface area contributed by atoms with Crippen molar-refractivity contribution in [1.82, 2.24) is 9.80 Å². The summed E-state index contributed by atoms with van der Waals surface area (Å²) in [6.45, 7) is 3.73. The molecule has 44 heavy (non-hydrogen) atoms. The summed E-state index contributed by atoms with van der Waals surface area (Å²) >= 11 is 5.94. The third kappa shape index (κ3) is 6.64. The van der Waals surface area contributed by atoms with E-state index in [1.165, 1.54) is 46.2 Å². The number of carbonyl (C=O) groups excluding carboxylic acids is 2. The molecule has 2 heterocycles. The first kappa shape index (κ1) is 31.2. The largest absolute Gasteiger partial charge is 0.485 e. The van der Waals surface area contributed by atoms with Crippen LogP contribution in [0.4, 0.5) is 16.2 Å². The molecule has 14 heteroatoms. The first-order valence-electron chi connectivity index (χ1n) is 13.9. The van der Waals surface area contributed by atoms with Gasteiger partial charge in [-0.1, -0.05) is 24.6 Å². The van der Waals surface area contributed by atoms with E-state index in [-0.39, 0.29) is 54.3 Å². The number of fused-ring (bicyclic) bond motifs is 2. The van der Waals surface area contributed by atoms with E-state index in [4.69, 9.17) is 25.8 Å². The van der Waals surface area contributed by atoms with Crippen LogP contribution in [0, 0.1) is 5.92 Å². The molecule has 0 bridgehead atoms. The Morgan fingerprint density at radius 2 is 1.86 bits per heavy atom. The maximum Gasteiger partial charge on any atom is 0.321 e. The third-order valence-electron chi connectivity index (χ3n) is 7.48. The number of urea groups is 1. The highest BCUT2D eigenvalue weighted by atomic mass is 35.5. The lowest BCUT2D eigenvalue weighted by Gasteiger charge is -2.38. The summed E-state index contributed by atoms with van der Waals surface area (Å²) in [6, 6.07) is 14.4. The number of rotatable bonds is 8. The Kier molecular flexibility index (Phi) is 9.09. The Balaban J connectivity index is 1.44. The molecule has 3 atom stereocenters. The van der Waals surface area contributed by atoms with Crippen LogP contribution in [0.25, 0.3) is 0 Å². The number of para-hydroxylation sites is 1. The van der Waals surface area contributed by atoms with E-state index in [1.807, 2.05) is 6.92 Å². The Bertz CT molecular complexity index is 1650. The zero-order chi connectivity index (χ0) is 31.6. The van der Waals surface area contributed by atoms with Gasteiger partial charge in [0.2, 0.25) is 6.79 Å². The lowest BCUT2D eigenvalue weighted by molar-refractivity contribution is 0.0373. The molecule has 3 aromatic carbocycles. The summed E-state index contributed by atoms with van der Waals surface area (Å²) in [5.41, 5.74) is 0.676. The zero-order valence-corrected chi connectivity index (χ0v) is 25.9. The summed E-state index contributed by atoms with van der Waals surface area (Å²) in [6.07, 6.45) is -0.677. The molecule has 12 nitrogen and oxygen atoms in total. The number of aliphatic hydroxyl groups excluding tert-OH is 1. The lowest BCUT2D eigenvalue weighted by Crippen LogP contribution is -2.50. The molecule has 0 fully saturated rings. The first-order chi connectivity index (χ1) is 21.0. The number of amides is 3. The molecule has 2 aliphatic rings. The minimum absolute atomic E-state index is 0.0197. The van der Waals surface area contributed by atoms with Crippen LogP contribution >= 0.6 is 11.6 Å².